The first-order valence-corrected chi connectivity index (χ1v) is 19.2. The number of allylic oxidation sites excluding steroid dienone is 1. The molecular weight excluding hydrogens is 678 g/mol. The van der Waals surface area contributed by atoms with E-state index in [2.05, 4.69) is 14.9 Å². The molecule has 266 valence electrons. The van der Waals surface area contributed by atoms with E-state index in [1.165, 1.54) is 7.11 Å². The number of sulfonamides is 1. The number of carbonyl (C=O) groups excluding carboxylic acids is 2. The van der Waals surface area contributed by atoms with Gasteiger partial charge in [-0.25, -0.2) is 13.1 Å². The molecular formula is C38H44ClN3O7S. The Morgan fingerprint density at radius 2 is 1.94 bits per heavy atom. The molecule has 0 radical (unpaired) electrons. The van der Waals surface area contributed by atoms with E-state index in [1.807, 2.05) is 18.2 Å². The third-order valence-corrected chi connectivity index (χ3v) is 12.0. The minimum absolute atomic E-state index is 0.0488. The zero-order valence-electron chi connectivity index (χ0n) is 28.1. The lowest BCUT2D eigenvalue weighted by Gasteiger charge is -2.42. The first kappa shape index (κ1) is 35.8. The monoisotopic (exact) mass is 721 g/mol. The maximum atomic E-state index is 13.8. The van der Waals surface area contributed by atoms with Crippen molar-refractivity contribution in [2.75, 3.05) is 30.4 Å². The van der Waals surface area contributed by atoms with Crippen molar-refractivity contribution in [2.45, 2.75) is 69.3 Å². The molecule has 1 fully saturated rings. The van der Waals surface area contributed by atoms with Crippen LogP contribution in [0.15, 0.2) is 72.8 Å². The van der Waals surface area contributed by atoms with Gasteiger partial charge in [-0.05, 0) is 110 Å². The molecule has 2 amide bonds. The van der Waals surface area contributed by atoms with Gasteiger partial charge in [0.1, 0.15) is 18.1 Å². The van der Waals surface area contributed by atoms with Gasteiger partial charge in [-0.2, -0.15) is 0 Å². The molecule has 2 heterocycles. The number of aliphatic hydroxyl groups excluding tert-OH is 1. The van der Waals surface area contributed by atoms with Gasteiger partial charge >= 0.3 is 0 Å². The lowest BCUT2D eigenvalue weighted by atomic mass is 9.70. The molecule has 3 aromatic rings. The van der Waals surface area contributed by atoms with Gasteiger partial charge in [0.25, 0.3) is 5.91 Å². The third-order valence-electron chi connectivity index (χ3n) is 10.0. The van der Waals surface area contributed by atoms with E-state index < -0.39 is 33.2 Å². The molecule has 10 nitrogen and oxygen atoms in total. The van der Waals surface area contributed by atoms with Gasteiger partial charge in [0.2, 0.25) is 15.9 Å². The van der Waals surface area contributed by atoms with Crippen molar-refractivity contribution in [3.63, 3.8) is 0 Å². The summed E-state index contributed by atoms with van der Waals surface area (Å²) in [5.74, 6) is 0.103. The Morgan fingerprint density at radius 1 is 1.08 bits per heavy atom. The number of anilines is 2. The van der Waals surface area contributed by atoms with Crippen LogP contribution in [0.3, 0.4) is 0 Å². The number of halogens is 1. The van der Waals surface area contributed by atoms with E-state index in [0.29, 0.717) is 54.0 Å². The number of aliphatic hydroxyl groups is 1. The van der Waals surface area contributed by atoms with Crippen LogP contribution in [0.25, 0.3) is 0 Å². The molecule has 2 bridgehead atoms. The zero-order valence-corrected chi connectivity index (χ0v) is 29.7. The number of fused-ring (bicyclic) bond motifs is 3. The molecule has 12 heteroatoms. The summed E-state index contributed by atoms with van der Waals surface area (Å²) in [6, 6.07) is 17.6. The number of hydrogen-bond donors (Lipinski definition) is 3. The number of nitrogens with one attached hydrogen (secondary N) is 2. The number of nitrogens with zero attached hydrogens (tertiary/aromatic N) is 1. The van der Waals surface area contributed by atoms with Gasteiger partial charge in [0, 0.05) is 41.9 Å². The van der Waals surface area contributed by atoms with Crippen molar-refractivity contribution in [3.8, 4) is 11.5 Å². The molecule has 6 rings (SSSR count). The Bertz CT molecular complexity index is 1850. The van der Waals surface area contributed by atoms with Gasteiger partial charge in [-0.1, -0.05) is 35.9 Å². The van der Waals surface area contributed by atoms with E-state index in [0.717, 1.165) is 43.2 Å². The number of amides is 2. The van der Waals surface area contributed by atoms with Crippen LogP contribution in [-0.4, -0.2) is 56.9 Å². The van der Waals surface area contributed by atoms with E-state index in [4.69, 9.17) is 21.1 Å². The second-order valence-corrected chi connectivity index (χ2v) is 15.8. The maximum Gasteiger partial charge on any atom is 0.264 e. The number of benzene rings is 3. The van der Waals surface area contributed by atoms with Crippen molar-refractivity contribution >= 4 is 44.8 Å². The molecule has 3 aliphatic rings. The van der Waals surface area contributed by atoms with Gasteiger partial charge in [-0.15, -0.1) is 0 Å². The largest absolute Gasteiger partial charge is 0.497 e. The average molecular weight is 722 g/mol. The molecule has 0 spiro atoms. The fraction of sp³-hybridized carbons (Fsp3) is 0.421. The van der Waals surface area contributed by atoms with Crippen LogP contribution in [0.1, 0.15) is 66.4 Å². The average Bonchev–Trinajstić information content (AvgIpc) is 3.10. The first-order chi connectivity index (χ1) is 24.1. The number of carbonyl (C=O) groups is 2. The molecule has 3 aromatic carbocycles. The maximum absolute atomic E-state index is 13.8. The highest BCUT2D eigenvalue weighted by Crippen LogP contribution is 2.41. The summed E-state index contributed by atoms with van der Waals surface area (Å²) in [5, 5.41) is 13.4. The van der Waals surface area contributed by atoms with Crippen molar-refractivity contribution in [1.29, 1.82) is 0 Å². The topological polar surface area (TPSA) is 134 Å². The quantitative estimate of drug-likeness (QED) is 0.269. The smallest absolute Gasteiger partial charge is 0.264 e. The second-order valence-electron chi connectivity index (χ2n) is 13.4. The summed E-state index contributed by atoms with van der Waals surface area (Å²) in [6.07, 6.45) is 7.33. The SMILES string of the molecule is COc1cccc(NC(=O)CC2CC/C=C/[C@H](O)[C@@H]3CC[C@H]3CN3CCCCc4cc(Cl)ccc4COc4ccc(cc43)C(=O)NS2(=O)=O)c1. The fourth-order valence-corrected chi connectivity index (χ4v) is 8.61. The van der Waals surface area contributed by atoms with Crippen LogP contribution in [0.2, 0.25) is 5.02 Å². The molecule has 2 aliphatic heterocycles. The van der Waals surface area contributed by atoms with Crippen molar-refractivity contribution in [3.05, 3.63) is 94.5 Å². The van der Waals surface area contributed by atoms with Crippen LogP contribution in [-0.2, 0) is 27.8 Å². The van der Waals surface area contributed by atoms with E-state index >= 15 is 0 Å². The fourth-order valence-electron chi connectivity index (χ4n) is 7.05. The molecule has 0 aromatic heterocycles. The predicted molar refractivity (Wildman–Crippen MR) is 194 cm³/mol. The van der Waals surface area contributed by atoms with Crippen LogP contribution in [0, 0.1) is 11.8 Å². The Balaban J connectivity index is 1.31. The highest BCUT2D eigenvalue weighted by Gasteiger charge is 2.37. The van der Waals surface area contributed by atoms with Gasteiger partial charge in [-0.3, -0.25) is 9.59 Å². The van der Waals surface area contributed by atoms with Gasteiger partial charge in [0.15, 0.2) is 0 Å². The molecule has 0 saturated heterocycles. The van der Waals surface area contributed by atoms with Crippen LogP contribution in [0.4, 0.5) is 11.4 Å². The molecule has 1 aliphatic carbocycles. The molecule has 4 atom stereocenters. The lowest BCUT2D eigenvalue weighted by molar-refractivity contribution is -0.116. The highest BCUT2D eigenvalue weighted by molar-refractivity contribution is 7.90. The number of hydrogen-bond acceptors (Lipinski definition) is 8. The summed E-state index contributed by atoms with van der Waals surface area (Å²) >= 11 is 6.33. The van der Waals surface area contributed by atoms with Crippen molar-refractivity contribution in [2.24, 2.45) is 11.8 Å². The summed E-state index contributed by atoms with van der Waals surface area (Å²) < 4.78 is 41.4. The van der Waals surface area contributed by atoms with Gasteiger partial charge in [0.05, 0.1) is 24.2 Å². The summed E-state index contributed by atoms with van der Waals surface area (Å²) in [5.41, 5.74) is 3.50. The van der Waals surface area contributed by atoms with E-state index in [-0.39, 0.29) is 30.2 Å². The Kier molecular flexibility index (Phi) is 11.3. The number of rotatable bonds is 4. The minimum atomic E-state index is -4.31. The highest BCUT2D eigenvalue weighted by atomic mass is 35.5. The Hall–Kier alpha value is -4.06. The zero-order chi connectivity index (χ0) is 35.3. The molecule has 1 saturated carbocycles. The van der Waals surface area contributed by atoms with E-state index in [9.17, 15) is 23.1 Å². The summed E-state index contributed by atoms with van der Waals surface area (Å²) in [4.78, 5) is 29.0. The van der Waals surface area contributed by atoms with Crippen molar-refractivity contribution in [1.82, 2.24) is 4.72 Å². The Labute approximate surface area is 298 Å². The summed E-state index contributed by atoms with van der Waals surface area (Å²) in [6.45, 7) is 1.66. The number of aryl methyl sites for hydroxylation is 1. The summed E-state index contributed by atoms with van der Waals surface area (Å²) in [7, 11) is -2.79. The standard InChI is InChI=1S/C38H44ClN3O7S/c1-48-31-9-6-8-30(21-31)40-37(44)22-32-10-2-3-11-35(43)33-16-13-27(33)23-42-18-5-4-7-25-19-29(39)15-12-28(25)24-49-36-17-14-26(20-34(36)42)38(45)41-50(32,46)47/h3,6,8-9,11-12,14-15,17,19-21,27,32-33,35,43H,2,4-5,7,10,13,16,18,22-24H2,1H3,(H,40,44)(H,41,45)/b11-3+/t27-,32?,33+,35-/m0/s1. The van der Waals surface area contributed by atoms with E-state index in [1.54, 1.807) is 54.6 Å². The van der Waals surface area contributed by atoms with Crippen LogP contribution in [0.5, 0.6) is 11.5 Å². The Morgan fingerprint density at radius 3 is 2.74 bits per heavy atom. The second kappa shape index (κ2) is 15.9. The molecule has 1 unspecified atom stereocenters. The number of ether oxygens (including phenoxy) is 2. The van der Waals surface area contributed by atoms with Gasteiger partial charge < -0.3 is 24.8 Å². The number of methoxy groups -OCH3 is 1. The predicted octanol–water partition coefficient (Wildman–Crippen LogP) is 6.26. The minimum Gasteiger partial charge on any atom is -0.497 e. The van der Waals surface area contributed by atoms with Crippen molar-refractivity contribution < 1.29 is 32.6 Å². The van der Waals surface area contributed by atoms with Crippen LogP contribution >= 0.6 is 11.6 Å². The molecule has 3 N–H and O–H groups in total. The first-order valence-electron chi connectivity index (χ1n) is 17.2. The normalized spacial score (nSPS) is 24.5. The van der Waals surface area contributed by atoms with Crippen LogP contribution < -0.4 is 24.4 Å². The lowest BCUT2D eigenvalue weighted by Crippen LogP contribution is -2.43. The third kappa shape index (κ3) is 8.62. The molecule has 50 heavy (non-hydrogen) atoms.